The molecule has 8 aromatic carbocycles. The fourth-order valence-corrected chi connectivity index (χ4v) is 7.69. The van der Waals surface area contributed by atoms with Crippen LogP contribution >= 0.6 is 0 Å². The van der Waals surface area contributed by atoms with Crippen molar-refractivity contribution in [3.8, 4) is 39.3 Å². The van der Waals surface area contributed by atoms with Gasteiger partial charge in [-0.05, 0) is 79.8 Å². The van der Waals surface area contributed by atoms with Crippen molar-refractivity contribution in [3.63, 3.8) is 0 Å². The van der Waals surface area contributed by atoms with Crippen molar-refractivity contribution in [3.05, 3.63) is 182 Å². The van der Waals surface area contributed by atoms with Crippen LogP contribution in [-0.2, 0) is 0 Å². The number of hydrogen-bond donors (Lipinski definition) is 0. The second-order valence-electron chi connectivity index (χ2n) is 12.8. The zero-order valence-electron chi connectivity index (χ0n) is 26.7. The van der Waals surface area contributed by atoms with Crippen LogP contribution in [0.5, 0.6) is 0 Å². The van der Waals surface area contributed by atoms with Crippen LogP contribution in [0.2, 0.25) is 0 Å². The lowest BCUT2D eigenvalue weighted by atomic mass is 9.94. The van der Waals surface area contributed by atoms with E-state index in [1.165, 1.54) is 59.7 Å². The van der Waals surface area contributed by atoms with Crippen LogP contribution in [0.3, 0.4) is 0 Å². The molecular weight excluding hydrogens is 593 g/mol. The van der Waals surface area contributed by atoms with Crippen molar-refractivity contribution in [1.82, 2.24) is 9.55 Å². The third kappa shape index (κ3) is 4.46. The van der Waals surface area contributed by atoms with Gasteiger partial charge in [0.2, 0.25) is 0 Å². The maximum atomic E-state index is 5.24. The highest BCUT2D eigenvalue weighted by atomic mass is 15.0. The van der Waals surface area contributed by atoms with Gasteiger partial charge in [-0.2, -0.15) is 0 Å². The topological polar surface area (TPSA) is 17.8 Å². The molecule has 0 N–H and O–H groups in total. The van der Waals surface area contributed by atoms with Crippen molar-refractivity contribution in [1.29, 1.82) is 0 Å². The zero-order valence-corrected chi connectivity index (χ0v) is 26.7. The molecule has 0 amide bonds. The number of pyridine rings is 1. The highest BCUT2D eigenvalue weighted by Gasteiger charge is 2.18. The van der Waals surface area contributed by atoms with E-state index in [0.717, 1.165) is 33.8 Å². The third-order valence-electron chi connectivity index (χ3n) is 9.94. The monoisotopic (exact) mass is 622 g/mol. The minimum atomic E-state index is 0.950. The normalized spacial score (nSPS) is 11.7. The van der Waals surface area contributed by atoms with Crippen LogP contribution in [0.1, 0.15) is 0 Å². The molecule has 0 spiro atoms. The summed E-state index contributed by atoms with van der Waals surface area (Å²) >= 11 is 0. The molecule has 2 nitrogen and oxygen atoms in total. The molecule has 10 rings (SSSR count). The van der Waals surface area contributed by atoms with Gasteiger partial charge in [0.05, 0.1) is 22.4 Å². The van der Waals surface area contributed by atoms with Crippen molar-refractivity contribution in [2.45, 2.75) is 0 Å². The fourth-order valence-electron chi connectivity index (χ4n) is 7.69. The van der Waals surface area contributed by atoms with Crippen LogP contribution in [0.4, 0.5) is 0 Å². The zero-order chi connectivity index (χ0) is 32.3. The molecule has 0 aliphatic rings. The minimum Gasteiger partial charge on any atom is -0.309 e. The fraction of sp³-hybridized carbons (Fsp3) is 0. The number of rotatable bonds is 4. The Bertz CT molecular complexity index is 2810. The third-order valence-corrected chi connectivity index (χ3v) is 9.94. The van der Waals surface area contributed by atoms with E-state index in [9.17, 15) is 0 Å². The first-order valence-electron chi connectivity index (χ1n) is 16.8. The minimum absolute atomic E-state index is 0.950. The van der Waals surface area contributed by atoms with Gasteiger partial charge in [0.25, 0.3) is 0 Å². The predicted octanol–water partition coefficient (Wildman–Crippen LogP) is 12.6. The standard InChI is InChI=1S/C47H30N2/c1-3-12-31(13-4-1)36-29-42(33-15-5-2-6-16-33)48-43(30-36)35-17-11-18-37(28-35)49-44-21-10-9-20-41(44)47-45(49)27-24-34-23-25-39-38-19-8-7-14-32(38)22-26-40(39)46(34)47/h1-30H. The first kappa shape index (κ1) is 27.6. The summed E-state index contributed by atoms with van der Waals surface area (Å²) in [6, 6.07) is 65.5. The molecule has 0 unspecified atom stereocenters. The summed E-state index contributed by atoms with van der Waals surface area (Å²) in [5.41, 5.74) is 9.92. The van der Waals surface area contributed by atoms with Crippen molar-refractivity contribution < 1.29 is 0 Å². The van der Waals surface area contributed by atoms with E-state index in [4.69, 9.17) is 4.98 Å². The van der Waals surface area contributed by atoms with Gasteiger partial charge in [-0.1, -0.05) is 146 Å². The van der Waals surface area contributed by atoms with Crippen LogP contribution in [0, 0.1) is 0 Å². The predicted molar refractivity (Wildman–Crippen MR) is 207 cm³/mol. The summed E-state index contributed by atoms with van der Waals surface area (Å²) in [5.74, 6) is 0. The molecule has 0 saturated heterocycles. The molecule has 0 radical (unpaired) electrons. The molecule has 0 fully saturated rings. The number of hydrogen-bond acceptors (Lipinski definition) is 1. The van der Waals surface area contributed by atoms with Crippen LogP contribution in [0.15, 0.2) is 182 Å². The average molecular weight is 623 g/mol. The average Bonchev–Trinajstić information content (AvgIpc) is 3.53. The van der Waals surface area contributed by atoms with E-state index in [1.54, 1.807) is 0 Å². The van der Waals surface area contributed by atoms with Gasteiger partial charge < -0.3 is 4.57 Å². The number of para-hydroxylation sites is 1. The van der Waals surface area contributed by atoms with E-state index in [0.29, 0.717) is 0 Å². The molecule has 0 aliphatic carbocycles. The summed E-state index contributed by atoms with van der Waals surface area (Å²) in [6.07, 6.45) is 0. The number of fused-ring (bicyclic) bond motifs is 9. The van der Waals surface area contributed by atoms with Gasteiger partial charge in [0.15, 0.2) is 0 Å². The Kier molecular flexibility index (Phi) is 6.22. The molecule has 0 saturated carbocycles. The van der Waals surface area contributed by atoms with Crippen molar-refractivity contribution in [2.24, 2.45) is 0 Å². The summed E-state index contributed by atoms with van der Waals surface area (Å²) in [6.45, 7) is 0. The molecule has 2 heterocycles. The van der Waals surface area contributed by atoms with Gasteiger partial charge in [-0.3, -0.25) is 0 Å². The second kappa shape index (κ2) is 11.0. The highest BCUT2D eigenvalue weighted by molar-refractivity contribution is 6.30. The molecular formula is C47H30N2. The summed E-state index contributed by atoms with van der Waals surface area (Å²) in [7, 11) is 0. The molecule has 0 atom stereocenters. The van der Waals surface area contributed by atoms with Crippen LogP contribution < -0.4 is 0 Å². The summed E-state index contributed by atoms with van der Waals surface area (Å²) in [5, 5.41) is 10.2. The van der Waals surface area contributed by atoms with E-state index in [2.05, 4.69) is 187 Å². The first-order valence-corrected chi connectivity index (χ1v) is 16.8. The maximum absolute atomic E-state index is 5.24. The Morgan fingerprint density at radius 2 is 0.959 bits per heavy atom. The smallest absolute Gasteiger partial charge is 0.0716 e. The number of benzene rings is 8. The Balaban J connectivity index is 1.22. The highest BCUT2D eigenvalue weighted by Crippen LogP contribution is 2.41. The molecule has 0 aliphatic heterocycles. The van der Waals surface area contributed by atoms with E-state index in [-0.39, 0.29) is 0 Å². The second-order valence-corrected chi connectivity index (χ2v) is 12.8. The molecule has 10 aromatic rings. The summed E-state index contributed by atoms with van der Waals surface area (Å²) < 4.78 is 2.42. The lowest BCUT2D eigenvalue weighted by Crippen LogP contribution is -1.96. The van der Waals surface area contributed by atoms with E-state index in [1.807, 2.05) is 0 Å². The van der Waals surface area contributed by atoms with Crippen LogP contribution in [0.25, 0.3) is 93.5 Å². The lowest BCUT2D eigenvalue weighted by molar-refractivity contribution is 1.18. The molecule has 0 bridgehead atoms. The molecule has 228 valence electrons. The van der Waals surface area contributed by atoms with Gasteiger partial charge in [-0.15, -0.1) is 0 Å². The number of nitrogens with zero attached hydrogens (tertiary/aromatic N) is 2. The summed E-state index contributed by atoms with van der Waals surface area (Å²) in [4.78, 5) is 5.24. The van der Waals surface area contributed by atoms with E-state index >= 15 is 0 Å². The van der Waals surface area contributed by atoms with Gasteiger partial charge in [-0.25, -0.2) is 4.98 Å². The van der Waals surface area contributed by atoms with Crippen molar-refractivity contribution in [2.75, 3.05) is 0 Å². The number of aromatic nitrogens is 2. The lowest BCUT2D eigenvalue weighted by Gasteiger charge is -2.13. The Morgan fingerprint density at radius 3 is 1.80 bits per heavy atom. The Morgan fingerprint density at radius 1 is 0.327 bits per heavy atom. The Labute approximate surface area is 284 Å². The quantitative estimate of drug-likeness (QED) is 0.179. The SMILES string of the molecule is c1ccc(-c2cc(-c3ccccc3)nc(-c3cccc(-n4c5ccccc5c5c6c(ccc7c8ccccc8ccc76)ccc54)c3)c2)cc1. The maximum Gasteiger partial charge on any atom is 0.0716 e. The van der Waals surface area contributed by atoms with E-state index < -0.39 is 0 Å². The first-order chi connectivity index (χ1) is 24.3. The van der Waals surface area contributed by atoms with Gasteiger partial charge >= 0.3 is 0 Å². The Hall–Kier alpha value is -6.51. The van der Waals surface area contributed by atoms with Gasteiger partial charge in [0, 0.05) is 27.6 Å². The van der Waals surface area contributed by atoms with Gasteiger partial charge in [0.1, 0.15) is 0 Å². The molecule has 49 heavy (non-hydrogen) atoms. The molecule has 2 aromatic heterocycles. The van der Waals surface area contributed by atoms with Crippen molar-refractivity contribution >= 4 is 54.1 Å². The largest absolute Gasteiger partial charge is 0.309 e. The molecule has 2 heteroatoms. The van der Waals surface area contributed by atoms with Crippen LogP contribution in [-0.4, -0.2) is 9.55 Å².